The van der Waals surface area contributed by atoms with Gasteiger partial charge in [0.25, 0.3) is 0 Å². The van der Waals surface area contributed by atoms with E-state index < -0.39 is 0 Å². The van der Waals surface area contributed by atoms with E-state index in [4.69, 9.17) is 11.6 Å². The molecule has 1 N–H and O–H groups in total. The predicted molar refractivity (Wildman–Crippen MR) is 94.1 cm³/mol. The number of hydrogen-bond donors (Lipinski definition) is 1. The number of nitrogens with one attached hydrogen (secondary N) is 1. The summed E-state index contributed by atoms with van der Waals surface area (Å²) in [5.74, 6) is 0.977. The van der Waals surface area contributed by atoms with Crippen molar-refractivity contribution in [3.05, 3.63) is 53.1 Å². The van der Waals surface area contributed by atoms with E-state index in [1.165, 1.54) is 11.5 Å². The normalized spacial score (nSPS) is 17.5. The molecule has 0 radical (unpaired) electrons. The van der Waals surface area contributed by atoms with Crippen LogP contribution in [0.3, 0.4) is 0 Å². The Morgan fingerprint density at radius 2 is 1.91 bits per heavy atom. The fourth-order valence-electron chi connectivity index (χ4n) is 2.64. The molecule has 5 heteroatoms. The standard InChI is InChI=1S/C17H14ClN3S/c1-10-9-19-17(20-10)12-4-2-11(3-5-12)16-14-8-13(18)6-7-15(14)22-21-16/h2-8,10H,9H2,1H3,(H,19,20). The molecular weight excluding hydrogens is 314 g/mol. The van der Waals surface area contributed by atoms with Gasteiger partial charge in [0, 0.05) is 28.1 Å². The van der Waals surface area contributed by atoms with Gasteiger partial charge in [-0.25, -0.2) is 0 Å². The van der Waals surface area contributed by atoms with E-state index in [9.17, 15) is 0 Å². The van der Waals surface area contributed by atoms with Gasteiger partial charge >= 0.3 is 0 Å². The Balaban J connectivity index is 1.73. The Labute approximate surface area is 137 Å². The van der Waals surface area contributed by atoms with Crippen LogP contribution in [0, 0.1) is 0 Å². The lowest BCUT2D eigenvalue weighted by atomic mass is 10.1. The average Bonchev–Trinajstić information content (AvgIpc) is 3.13. The van der Waals surface area contributed by atoms with Crippen LogP contribution in [0.1, 0.15) is 12.5 Å². The van der Waals surface area contributed by atoms with Crippen molar-refractivity contribution in [3.8, 4) is 11.3 Å². The molecule has 1 aliphatic heterocycles. The largest absolute Gasteiger partial charge is 0.368 e. The van der Waals surface area contributed by atoms with Gasteiger partial charge in [-0.2, -0.15) is 4.37 Å². The molecule has 0 amide bonds. The molecule has 0 aliphatic carbocycles. The van der Waals surface area contributed by atoms with Gasteiger partial charge in [-0.1, -0.05) is 35.9 Å². The molecule has 4 rings (SSSR count). The van der Waals surface area contributed by atoms with E-state index in [2.05, 4.69) is 45.9 Å². The second-order valence-corrected chi connectivity index (χ2v) is 6.70. The van der Waals surface area contributed by atoms with Gasteiger partial charge in [-0.05, 0) is 36.7 Å². The van der Waals surface area contributed by atoms with E-state index in [0.29, 0.717) is 6.04 Å². The van der Waals surface area contributed by atoms with Crippen LogP contribution >= 0.6 is 23.1 Å². The first kappa shape index (κ1) is 13.7. The summed E-state index contributed by atoms with van der Waals surface area (Å²) in [7, 11) is 0. The molecule has 0 saturated carbocycles. The molecule has 0 saturated heterocycles. The highest BCUT2D eigenvalue weighted by molar-refractivity contribution is 7.13. The molecule has 1 aliphatic rings. The highest BCUT2D eigenvalue weighted by Crippen LogP contribution is 2.32. The van der Waals surface area contributed by atoms with Crippen molar-refractivity contribution in [1.29, 1.82) is 0 Å². The third kappa shape index (κ3) is 2.38. The first-order valence-corrected chi connectivity index (χ1v) is 8.33. The minimum absolute atomic E-state index is 0.347. The van der Waals surface area contributed by atoms with Gasteiger partial charge in [-0.15, -0.1) is 0 Å². The summed E-state index contributed by atoms with van der Waals surface area (Å²) in [5, 5.41) is 5.18. The predicted octanol–water partition coefficient (Wildman–Crippen LogP) is 4.36. The average molecular weight is 328 g/mol. The molecule has 110 valence electrons. The Morgan fingerprint density at radius 1 is 1.14 bits per heavy atom. The molecular formula is C17H14ClN3S. The van der Waals surface area contributed by atoms with E-state index in [0.717, 1.165) is 44.3 Å². The summed E-state index contributed by atoms with van der Waals surface area (Å²) in [6.07, 6.45) is 0. The van der Waals surface area contributed by atoms with Gasteiger partial charge < -0.3 is 5.32 Å². The van der Waals surface area contributed by atoms with Crippen LogP contribution in [-0.2, 0) is 0 Å². The lowest BCUT2D eigenvalue weighted by Gasteiger charge is -2.04. The maximum atomic E-state index is 6.11. The number of fused-ring (bicyclic) bond motifs is 1. The first-order chi connectivity index (χ1) is 10.7. The van der Waals surface area contributed by atoms with Gasteiger partial charge in [-0.3, -0.25) is 4.99 Å². The zero-order chi connectivity index (χ0) is 15.1. The molecule has 1 atom stereocenters. The molecule has 1 aromatic heterocycles. The maximum absolute atomic E-state index is 6.11. The highest BCUT2D eigenvalue weighted by atomic mass is 35.5. The monoisotopic (exact) mass is 327 g/mol. The van der Waals surface area contributed by atoms with E-state index in [-0.39, 0.29) is 0 Å². The second-order valence-electron chi connectivity index (χ2n) is 5.46. The minimum Gasteiger partial charge on any atom is -0.368 e. The summed E-state index contributed by atoms with van der Waals surface area (Å²) in [6, 6.07) is 14.6. The van der Waals surface area contributed by atoms with Crippen molar-refractivity contribution < 1.29 is 0 Å². The van der Waals surface area contributed by atoms with Gasteiger partial charge in [0.05, 0.1) is 16.4 Å². The minimum atomic E-state index is 0.347. The van der Waals surface area contributed by atoms with E-state index >= 15 is 0 Å². The number of nitrogens with zero attached hydrogens (tertiary/aromatic N) is 2. The third-order valence-corrected chi connectivity index (χ3v) is 4.84. The fourth-order valence-corrected chi connectivity index (χ4v) is 3.59. The third-order valence-electron chi connectivity index (χ3n) is 3.78. The van der Waals surface area contributed by atoms with Crippen molar-refractivity contribution in [2.75, 3.05) is 6.54 Å². The Hall–Kier alpha value is -1.91. The summed E-state index contributed by atoms with van der Waals surface area (Å²) in [4.78, 5) is 4.59. The van der Waals surface area contributed by atoms with Crippen LogP contribution in [-0.4, -0.2) is 22.8 Å². The SMILES string of the molecule is CC1CNC(c2ccc(-c3nsc4ccc(Cl)cc34)cc2)=N1. The number of aromatic nitrogens is 1. The molecule has 22 heavy (non-hydrogen) atoms. The van der Waals surface area contributed by atoms with E-state index in [1.54, 1.807) is 0 Å². The number of amidine groups is 1. The smallest absolute Gasteiger partial charge is 0.128 e. The molecule has 2 heterocycles. The van der Waals surface area contributed by atoms with Crippen LogP contribution in [0.5, 0.6) is 0 Å². The number of halogens is 1. The molecule has 3 nitrogen and oxygen atoms in total. The molecule has 0 fully saturated rings. The number of aliphatic imine (C=N–C) groups is 1. The number of rotatable bonds is 2. The van der Waals surface area contributed by atoms with Crippen molar-refractivity contribution in [2.24, 2.45) is 4.99 Å². The number of benzene rings is 2. The Kier molecular flexibility index (Phi) is 3.36. The van der Waals surface area contributed by atoms with E-state index in [1.807, 2.05) is 18.2 Å². The van der Waals surface area contributed by atoms with Crippen molar-refractivity contribution in [2.45, 2.75) is 13.0 Å². The number of hydrogen-bond acceptors (Lipinski definition) is 4. The van der Waals surface area contributed by atoms with Crippen LogP contribution in [0.2, 0.25) is 5.02 Å². The highest BCUT2D eigenvalue weighted by Gasteiger charge is 2.14. The fraction of sp³-hybridized carbons (Fsp3) is 0.176. The maximum Gasteiger partial charge on any atom is 0.128 e. The summed E-state index contributed by atoms with van der Waals surface area (Å²) < 4.78 is 5.74. The van der Waals surface area contributed by atoms with Crippen LogP contribution in [0.15, 0.2) is 47.5 Å². The second kappa shape index (κ2) is 5.38. The van der Waals surface area contributed by atoms with Gasteiger partial charge in [0.15, 0.2) is 0 Å². The summed E-state index contributed by atoms with van der Waals surface area (Å²) in [6.45, 7) is 3.02. The van der Waals surface area contributed by atoms with Crippen molar-refractivity contribution in [3.63, 3.8) is 0 Å². The van der Waals surface area contributed by atoms with Crippen LogP contribution < -0.4 is 5.32 Å². The molecule has 2 aromatic carbocycles. The topological polar surface area (TPSA) is 37.3 Å². The molecule has 3 aromatic rings. The van der Waals surface area contributed by atoms with Crippen LogP contribution in [0.4, 0.5) is 0 Å². The zero-order valence-corrected chi connectivity index (χ0v) is 13.6. The van der Waals surface area contributed by atoms with Crippen molar-refractivity contribution in [1.82, 2.24) is 9.69 Å². The first-order valence-electron chi connectivity index (χ1n) is 7.18. The lowest BCUT2D eigenvalue weighted by Crippen LogP contribution is -2.20. The lowest BCUT2D eigenvalue weighted by molar-refractivity contribution is 0.766. The summed E-state index contributed by atoms with van der Waals surface area (Å²) >= 11 is 7.62. The molecule has 0 bridgehead atoms. The quantitative estimate of drug-likeness (QED) is 0.759. The zero-order valence-electron chi connectivity index (χ0n) is 12.0. The van der Waals surface area contributed by atoms with Gasteiger partial charge in [0.2, 0.25) is 0 Å². The molecule has 0 spiro atoms. The summed E-state index contributed by atoms with van der Waals surface area (Å²) in [5.41, 5.74) is 3.21. The Morgan fingerprint density at radius 3 is 2.64 bits per heavy atom. The Bertz CT molecular complexity index is 867. The molecule has 1 unspecified atom stereocenters. The van der Waals surface area contributed by atoms with Gasteiger partial charge in [0.1, 0.15) is 5.84 Å². The van der Waals surface area contributed by atoms with Crippen LogP contribution in [0.25, 0.3) is 21.3 Å². The van der Waals surface area contributed by atoms with Crippen molar-refractivity contribution >= 4 is 39.1 Å².